The number of aliphatic carboxylic acids is 1. The molecule has 0 saturated heterocycles. The molecule has 0 radical (unpaired) electrons. The summed E-state index contributed by atoms with van der Waals surface area (Å²) in [5, 5.41) is 17.8. The molecule has 6 heteroatoms. The lowest BCUT2D eigenvalue weighted by atomic mass is 10.2. The van der Waals surface area contributed by atoms with Gasteiger partial charge in [0.05, 0.1) is 13.1 Å². The summed E-state index contributed by atoms with van der Waals surface area (Å²) in [5.41, 5.74) is 5.83. The molecule has 0 spiro atoms. The van der Waals surface area contributed by atoms with E-state index in [0.717, 1.165) is 5.56 Å². The molecule has 0 fully saturated rings. The molecule has 92 valence electrons. The predicted octanol–water partition coefficient (Wildman–Crippen LogP) is -0.236. The van der Waals surface area contributed by atoms with Crippen LogP contribution >= 0.6 is 0 Å². The van der Waals surface area contributed by atoms with Crippen molar-refractivity contribution in [3.63, 3.8) is 0 Å². The Kier molecular flexibility index (Phi) is 4.47. The number of amides is 1. The smallest absolute Gasteiger partial charge is 0.317 e. The van der Waals surface area contributed by atoms with Crippen molar-refractivity contribution in [1.82, 2.24) is 4.90 Å². The Labute approximate surface area is 98.3 Å². The number of phenols is 1. The van der Waals surface area contributed by atoms with Crippen molar-refractivity contribution in [1.29, 1.82) is 0 Å². The molecule has 1 amide bonds. The van der Waals surface area contributed by atoms with Gasteiger partial charge < -0.3 is 15.9 Å². The van der Waals surface area contributed by atoms with E-state index in [1.807, 2.05) is 0 Å². The lowest BCUT2D eigenvalue weighted by Gasteiger charge is -2.18. The van der Waals surface area contributed by atoms with Crippen LogP contribution in [0.1, 0.15) is 5.56 Å². The Bertz CT molecular complexity index is 386. The molecule has 0 aliphatic rings. The lowest BCUT2D eigenvalue weighted by Crippen LogP contribution is -2.36. The van der Waals surface area contributed by atoms with Gasteiger partial charge in [-0.05, 0) is 17.7 Å². The van der Waals surface area contributed by atoms with Crippen LogP contribution in [-0.4, -0.2) is 40.1 Å². The number of primary amides is 1. The second kappa shape index (κ2) is 5.86. The summed E-state index contributed by atoms with van der Waals surface area (Å²) in [4.78, 5) is 22.8. The second-order valence-corrected chi connectivity index (χ2v) is 3.67. The van der Waals surface area contributed by atoms with Crippen LogP contribution in [0.25, 0.3) is 0 Å². The maximum Gasteiger partial charge on any atom is 0.317 e. The van der Waals surface area contributed by atoms with E-state index in [1.54, 1.807) is 12.1 Å². The second-order valence-electron chi connectivity index (χ2n) is 3.67. The minimum atomic E-state index is -1.02. The van der Waals surface area contributed by atoms with Crippen LogP contribution in [0.2, 0.25) is 0 Å². The Morgan fingerprint density at radius 3 is 2.24 bits per heavy atom. The van der Waals surface area contributed by atoms with Gasteiger partial charge in [0.1, 0.15) is 5.75 Å². The Morgan fingerprint density at radius 1 is 1.18 bits per heavy atom. The maximum atomic E-state index is 10.8. The van der Waals surface area contributed by atoms with Gasteiger partial charge in [0.25, 0.3) is 0 Å². The molecule has 0 aromatic heterocycles. The number of phenolic OH excluding ortho intramolecular Hbond substituents is 1. The highest BCUT2D eigenvalue weighted by Crippen LogP contribution is 2.11. The Morgan fingerprint density at radius 2 is 1.76 bits per heavy atom. The number of hydrogen-bond acceptors (Lipinski definition) is 4. The Balaban J connectivity index is 2.67. The third-order valence-corrected chi connectivity index (χ3v) is 2.08. The van der Waals surface area contributed by atoms with Gasteiger partial charge in [0.15, 0.2) is 0 Å². The zero-order chi connectivity index (χ0) is 12.8. The van der Waals surface area contributed by atoms with Crippen LogP contribution in [0.15, 0.2) is 24.3 Å². The van der Waals surface area contributed by atoms with E-state index in [-0.39, 0.29) is 25.4 Å². The summed E-state index contributed by atoms with van der Waals surface area (Å²) in [6.45, 7) is -0.0908. The van der Waals surface area contributed by atoms with E-state index in [0.29, 0.717) is 0 Å². The number of hydrogen-bond donors (Lipinski definition) is 3. The number of benzene rings is 1. The van der Waals surface area contributed by atoms with Crippen molar-refractivity contribution in [2.24, 2.45) is 5.73 Å². The van der Waals surface area contributed by atoms with Crippen LogP contribution in [0.5, 0.6) is 5.75 Å². The van der Waals surface area contributed by atoms with E-state index < -0.39 is 11.9 Å². The zero-order valence-electron chi connectivity index (χ0n) is 9.17. The van der Waals surface area contributed by atoms with Crippen molar-refractivity contribution in [2.45, 2.75) is 6.54 Å². The molecule has 0 aliphatic carbocycles. The predicted molar refractivity (Wildman–Crippen MR) is 60.2 cm³/mol. The molecule has 0 atom stereocenters. The minimum Gasteiger partial charge on any atom is -0.508 e. The molecule has 6 nitrogen and oxygen atoms in total. The van der Waals surface area contributed by atoms with E-state index >= 15 is 0 Å². The summed E-state index contributed by atoms with van der Waals surface area (Å²) >= 11 is 0. The van der Waals surface area contributed by atoms with Crippen molar-refractivity contribution in [2.75, 3.05) is 13.1 Å². The first kappa shape index (κ1) is 13.0. The first-order valence-electron chi connectivity index (χ1n) is 4.97. The first-order chi connectivity index (χ1) is 7.97. The van der Waals surface area contributed by atoms with E-state index in [2.05, 4.69) is 0 Å². The summed E-state index contributed by atoms with van der Waals surface area (Å²) in [6.07, 6.45) is 0. The fourth-order valence-corrected chi connectivity index (χ4v) is 1.44. The number of nitrogens with two attached hydrogens (primary N) is 1. The van der Waals surface area contributed by atoms with Gasteiger partial charge in [-0.2, -0.15) is 0 Å². The largest absolute Gasteiger partial charge is 0.508 e. The van der Waals surface area contributed by atoms with Gasteiger partial charge in [0.2, 0.25) is 5.91 Å². The van der Waals surface area contributed by atoms with Crippen LogP contribution < -0.4 is 5.73 Å². The van der Waals surface area contributed by atoms with Gasteiger partial charge in [-0.25, -0.2) is 0 Å². The third kappa shape index (κ3) is 4.98. The fraction of sp³-hybridized carbons (Fsp3) is 0.273. The zero-order valence-corrected chi connectivity index (χ0v) is 9.17. The van der Waals surface area contributed by atoms with E-state index in [9.17, 15) is 9.59 Å². The number of carboxylic acid groups (broad SMARTS) is 1. The van der Waals surface area contributed by atoms with Crippen LogP contribution in [0.4, 0.5) is 0 Å². The maximum absolute atomic E-state index is 10.8. The van der Waals surface area contributed by atoms with E-state index in [1.165, 1.54) is 17.0 Å². The number of carbonyl (C=O) groups is 2. The average Bonchev–Trinajstić information content (AvgIpc) is 2.19. The highest BCUT2D eigenvalue weighted by molar-refractivity contribution is 5.77. The average molecular weight is 238 g/mol. The summed E-state index contributed by atoms with van der Waals surface area (Å²) in [7, 11) is 0. The minimum absolute atomic E-state index is 0.118. The van der Waals surface area contributed by atoms with Gasteiger partial charge >= 0.3 is 5.97 Å². The molecule has 1 rings (SSSR count). The third-order valence-electron chi connectivity index (χ3n) is 2.08. The summed E-state index contributed by atoms with van der Waals surface area (Å²) < 4.78 is 0. The standard InChI is InChI=1S/C11H14N2O4/c12-10(15)6-13(7-11(16)17)5-8-1-3-9(14)4-2-8/h1-4,14H,5-7H2,(H2,12,15)(H,16,17). The molecule has 0 saturated carbocycles. The monoisotopic (exact) mass is 238 g/mol. The topological polar surface area (TPSA) is 104 Å². The number of nitrogens with zero attached hydrogens (tertiary/aromatic N) is 1. The van der Waals surface area contributed by atoms with Crippen molar-refractivity contribution in [3.05, 3.63) is 29.8 Å². The highest BCUT2D eigenvalue weighted by Gasteiger charge is 2.12. The van der Waals surface area contributed by atoms with Gasteiger partial charge in [-0.3, -0.25) is 14.5 Å². The van der Waals surface area contributed by atoms with Gasteiger partial charge in [0, 0.05) is 6.54 Å². The molecule has 0 aliphatic heterocycles. The number of aromatic hydroxyl groups is 1. The molecule has 0 unspecified atom stereocenters. The molecular formula is C11H14N2O4. The number of rotatable bonds is 6. The normalized spacial score (nSPS) is 10.4. The highest BCUT2D eigenvalue weighted by atomic mass is 16.4. The van der Waals surface area contributed by atoms with Crippen LogP contribution in [-0.2, 0) is 16.1 Å². The Hall–Kier alpha value is -2.08. The number of carbonyl (C=O) groups excluding carboxylic acids is 1. The van der Waals surface area contributed by atoms with E-state index in [4.69, 9.17) is 15.9 Å². The molecule has 1 aromatic rings. The van der Waals surface area contributed by atoms with Crippen molar-refractivity contribution in [3.8, 4) is 5.75 Å². The van der Waals surface area contributed by atoms with Gasteiger partial charge in [-0.1, -0.05) is 12.1 Å². The first-order valence-corrected chi connectivity index (χ1v) is 4.97. The van der Waals surface area contributed by atoms with Gasteiger partial charge in [-0.15, -0.1) is 0 Å². The van der Waals surface area contributed by atoms with Crippen LogP contribution in [0, 0.1) is 0 Å². The SMILES string of the molecule is NC(=O)CN(CC(=O)O)Cc1ccc(O)cc1. The molecular weight excluding hydrogens is 224 g/mol. The molecule has 0 bridgehead atoms. The molecule has 0 heterocycles. The van der Waals surface area contributed by atoms with Crippen molar-refractivity contribution >= 4 is 11.9 Å². The molecule has 1 aromatic carbocycles. The molecule has 4 N–H and O–H groups in total. The van der Waals surface area contributed by atoms with Crippen molar-refractivity contribution < 1.29 is 19.8 Å². The molecule has 17 heavy (non-hydrogen) atoms. The van der Waals surface area contributed by atoms with Crippen LogP contribution in [0.3, 0.4) is 0 Å². The number of carboxylic acids is 1. The summed E-state index contributed by atoms with van der Waals surface area (Å²) in [5.74, 6) is -1.47. The fourth-order valence-electron chi connectivity index (χ4n) is 1.44. The summed E-state index contributed by atoms with van der Waals surface area (Å²) in [6, 6.07) is 6.31. The lowest BCUT2D eigenvalue weighted by molar-refractivity contribution is -0.138. The quantitative estimate of drug-likeness (QED) is 0.634.